The molecule has 2 aromatic heterocycles. The lowest BCUT2D eigenvalue weighted by atomic mass is 9.69. The monoisotopic (exact) mass is 439 g/mol. The maximum absolute atomic E-state index is 13.2. The van der Waals surface area contributed by atoms with Crippen molar-refractivity contribution < 1.29 is 4.79 Å². The van der Waals surface area contributed by atoms with E-state index in [1.165, 1.54) is 0 Å². The largest absolute Gasteiger partial charge is 0.358 e. The summed E-state index contributed by atoms with van der Waals surface area (Å²) in [7, 11) is 0. The lowest BCUT2D eigenvalue weighted by molar-refractivity contribution is -0.118. The summed E-state index contributed by atoms with van der Waals surface area (Å²) < 4.78 is 1.06. The number of thiophene rings is 1. The van der Waals surface area contributed by atoms with Gasteiger partial charge in [0.15, 0.2) is 5.78 Å². The molecule has 27 heavy (non-hydrogen) atoms. The quantitative estimate of drug-likeness (QED) is 0.531. The number of nitrogens with zero attached hydrogens (tertiary/aromatic N) is 2. The Morgan fingerprint density at radius 3 is 2.81 bits per heavy atom. The summed E-state index contributed by atoms with van der Waals surface area (Å²) in [5.41, 5.74) is 6.84. The van der Waals surface area contributed by atoms with Gasteiger partial charge in [0.05, 0.1) is 14.8 Å². The molecule has 1 aliphatic carbocycles. The van der Waals surface area contributed by atoms with Crippen LogP contribution in [0, 0.1) is 5.41 Å². The Balaban J connectivity index is 1.82. The maximum atomic E-state index is 13.2. The molecule has 1 unspecified atom stereocenters. The molecule has 3 heterocycles. The first kappa shape index (κ1) is 17.1. The summed E-state index contributed by atoms with van der Waals surface area (Å²) in [6, 6.07) is 6.18. The number of halogens is 1. The average Bonchev–Trinajstić information content (AvgIpc) is 3.04. The minimum Gasteiger partial charge on any atom is -0.358 e. The van der Waals surface area contributed by atoms with Gasteiger partial charge >= 0.3 is 0 Å². The van der Waals surface area contributed by atoms with Crippen LogP contribution < -0.4 is 5.32 Å². The van der Waals surface area contributed by atoms with Crippen LogP contribution in [0.4, 0.5) is 5.69 Å². The minimum absolute atomic E-state index is 0.0309. The molecule has 0 amide bonds. The van der Waals surface area contributed by atoms with Crippen LogP contribution >= 0.6 is 27.3 Å². The van der Waals surface area contributed by atoms with E-state index in [0.29, 0.717) is 6.42 Å². The molecule has 0 bridgehead atoms. The van der Waals surface area contributed by atoms with Crippen LogP contribution in [0.2, 0.25) is 0 Å². The summed E-state index contributed by atoms with van der Waals surface area (Å²) in [5.74, 6) is 0.121. The lowest BCUT2D eigenvalue weighted by Gasteiger charge is -2.39. The third kappa shape index (κ3) is 2.74. The van der Waals surface area contributed by atoms with E-state index in [4.69, 9.17) is 0 Å². The fourth-order valence-electron chi connectivity index (χ4n) is 4.36. The zero-order valence-corrected chi connectivity index (χ0v) is 17.4. The molecule has 0 spiro atoms. The van der Waals surface area contributed by atoms with Crippen LogP contribution in [0.3, 0.4) is 0 Å². The van der Waals surface area contributed by atoms with Crippen molar-refractivity contribution in [2.24, 2.45) is 5.41 Å². The number of aromatic nitrogens is 2. The third-order valence-electron chi connectivity index (χ3n) is 5.38. The van der Waals surface area contributed by atoms with Crippen molar-refractivity contribution in [3.8, 4) is 0 Å². The molecule has 0 radical (unpaired) electrons. The molecule has 136 valence electrons. The van der Waals surface area contributed by atoms with E-state index in [1.54, 1.807) is 23.7 Å². The molecule has 1 aromatic carbocycles. The fourth-order valence-corrected chi connectivity index (χ4v) is 5.56. The SMILES string of the molecule is CC1(C)CC(=O)C2=C(C1)Nc1ccc3nccnc3c1C2c1csc(Br)c1. The van der Waals surface area contributed by atoms with Crippen LogP contribution in [0.25, 0.3) is 11.0 Å². The summed E-state index contributed by atoms with van der Waals surface area (Å²) >= 11 is 5.23. The molecule has 0 saturated heterocycles. The number of Topliss-reactive ketones (excluding diaryl/α,β-unsaturated/α-hetero) is 1. The van der Waals surface area contributed by atoms with E-state index in [0.717, 1.165) is 49.3 Å². The van der Waals surface area contributed by atoms with Gasteiger partial charge in [-0.25, -0.2) is 0 Å². The Labute approximate surface area is 169 Å². The molecule has 1 atom stereocenters. The number of hydrogen-bond acceptors (Lipinski definition) is 5. The molecule has 0 saturated carbocycles. The van der Waals surface area contributed by atoms with Crippen molar-refractivity contribution in [3.05, 3.63) is 62.2 Å². The van der Waals surface area contributed by atoms with Gasteiger partial charge in [-0.2, -0.15) is 0 Å². The Bertz CT molecular complexity index is 1130. The van der Waals surface area contributed by atoms with Gasteiger partial charge in [-0.3, -0.25) is 14.8 Å². The summed E-state index contributed by atoms with van der Waals surface area (Å²) in [4.78, 5) is 22.3. The number of carbonyl (C=O) groups excluding carboxylic acids is 1. The van der Waals surface area contributed by atoms with Crippen LogP contribution in [-0.4, -0.2) is 15.8 Å². The number of allylic oxidation sites excluding steroid dienone is 2. The number of carbonyl (C=O) groups is 1. The molecule has 1 aliphatic heterocycles. The molecule has 6 heteroatoms. The number of benzene rings is 1. The number of rotatable bonds is 1. The first-order valence-corrected chi connectivity index (χ1v) is 10.6. The average molecular weight is 440 g/mol. The fraction of sp³-hybridized carbons (Fsp3) is 0.286. The van der Waals surface area contributed by atoms with Gasteiger partial charge in [-0.1, -0.05) is 13.8 Å². The predicted octanol–water partition coefficient (Wildman–Crippen LogP) is 5.65. The summed E-state index contributed by atoms with van der Waals surface area (Å²) in [6.45, 7) is 4.32. The number of hydrogen-bond donors (Lipinski definition) is 1. The molecule has 1 N–H and O–H groups in total. The van der Waals surface area contributed by atoms with Gasteiger partial charge in [0.25, 0.3) is 0 Å². The van der Waals surface area contributed by atoms with Crippen molar-refractivity contribution in [2.75, 3.05) is 5.32 Å². The molecule has 2 aliphatic rings. The third-order valence-corrected chi connectivity index (χ3v) is 6.91. The van der Waals surface area contributed by atoms with Crippen molar-refractivity contribution in [2.45, 2.75) is 32.6 Å². The second-order valence-corrected chi connectivity index (χ2v) is 10.3. The number of anilines is 1. The van der Waals surface area contributed by atoms with E-state index >= 15 is 0 Å². The standard InChI is InChI=1S/C21H18BrN3OS/c1-21(2)8-14-18(15(26)9-21)17(11-7-16(22)27-10-11)19-12(25-14)3-4-13-20(19)24-6-5-23-13/h3-7,10,17,25H,8-9H2,1-2H3. The molecular formula is C21H18BrN3OS. The number of ketones is 1. The van der Waals surface area contributed by atoms with E-state index in [9.17, 15) is 4.79 Å². The van der Waals surface area contributed by atoms with Crippen LogP contribution in [0.5, 0.6) is 0 Å². The Morgan fingerprint density at radius 1 is 1.22 bits per heavy atom. The van der Waals surface area contributed by atoms with Gasteiger partial charge in [-0.15, -0.1) is 11.3 Å². The molecule has 3 aromatic rings. The van der Waals surface area contributed by atoms with Crippen molar-refractivity contribution in [3.63, 3.8) is 0 Å². The molecule has 5 rings (SSSR count). The summed E-state index contributed by atoms with van der Waals surface area (Å²) in [6.07, 6.45) is 4.87. The van der Waals surface area contributed by atoms with Crippen LogP contribution in [-0.2, 0) is 4.79 Å². The zero-order chi connectivity index (χ0) is 18.8. The van der Waals surface area contributed by atoms with Gasteiger partial charge in [0, 0.05) is 47.3 Å². The highest BCUT2D eigenvalue weighted by atomic mass is 79.9. The van der Waals surface area contributed by atoms with Crippen LogP contribution in [0.1, 0.15) is 43.7 Å². The van der Waals surface area contributed by atoms with E-state index in [1.807, 2.05) is 6.07 Å². The maximum Gasteiger partial charge on any atom is 0.162 e. The van der Waals surface area contributed by atoms with Crippen molar-refractivity contribution >= 4 is 49.8 Å². The summed E-state index contributed by atoms with van der Waals surface area (Å²) in [5, 5.41) is 5.70. The topological polar surface area (TPSA) is 54.9 Å². The van der Waals surface area contributed by atoms with Crippen molar-refractivity contribution in [1.29, 1.82) is 0 Å². The molecular weight excluding hydrogens is 422 g/mol. The number of nitrogens with one attached hydrogen (secondary N) is 1. The smallest absolute Gasteiger partial charge is 0.162 e. The Kier molecular flexibility index (Phi) is 3.78. The highest BCUT2D eigenvalue weighted by Crippen LogP contribution is 2.51. The zero-order valence-electron chi connectivity index (χ0n) is 15.0. The van der Waals surface area contributed by atoms with E-state index in [-0.39, 0.29) is 17.1 Å². The normalized spacial score (nSPS) is 21.0. The predicted molar refractivity (Wildman–Crippen MR) is 112 cm³/mol. The minimum atomic E-state index is -0.109. The first-order chi connectivity index (χ1) is 12.9. The second kappa shape index (κ2) is 5.97. The van der Waals surface area contributed by atoms with Crippen LogP contribution in [0.15, 0.2) is 51.0 Å². The molecule has 0 fully saturated rings. The van der Waals surface area contributed by atoms with E-state index < -0.39 is 0 Å². The number of fused-ring (bicyclic) bond motifs is 3. The van der Waals surface area contributed by atoms with E-state index in [2.05, 4.69) is 62.6 Å². The van der Waals surface area contributed by atoms with Gasteiger partial charge < -0.3 is 5.32 Å². The Morgan fingerprint density at radius 2 is 2.04 bits per heavy atom. The van der Waals surface area contributed by atoms with Gasteiger partial charge in [-0.05, 0) is 56.9 Å². The highest BCUT2D eigenvalue weighted by Gasteiger charge is 2.41. The van der Waals surface area contributed by atoms with Crippen molar-refractivity contribution in [1.82, 2.24) is 9.97 Å². The lowest BCUT2D eigenvalue weighted by Crippen LogP contribution is -2.33. The van der Waals surface area contributed by atoms with Gasteiger partial charge in [0.2, 0.25) is 0 Å². The Hall–Kier alpha value is -2.05. The molecule has 4 nitrogen and oxygen atoms in total. The van der Waals surface area contributed by atoms with Gasteiger partial charge in [0.1, 0.15) is 0 Å². The first-order valence-electron chi connectivity index (χ1n) is 8.94. The highest BCUT2D eigenvalue weighted by molar-refractivity contribution is 9.11. The second-order valence-electron chi connectivity index (χ2n) is 8.03.